The van der Waals surface area contributed by atoms with Gasteiger partial charge in [-0.1, -0.05) is 43.5 Å². The summed E-state index contributed by atoms with van der Waals surface area (Å²) in [6.07, 6.45) is 8.27. The number of unbranched alkanes of at least 4 members (excludes halogenated alkanes) is 2. The van der Waals surface area contributed by atoms with E-state index in [1.54, 1.807) is 6.07 Å². The predicted molar refractivity (Wildman–Crippen MR) is 91.4 cm³/mol. The molecular weight excluding hydrogens is 309 g/mol. The molecule has 0 atom stereocenters. The predicted octanol–water partition coefficient (Wildman–Crippen LogP) is 6.38. The molecule has 0 heterocycles. The summed E-state index contributed by atoms with van der Waals surface area (Å²) in [5, 5.41) is 0. The highest BCUT2D eigenvalue weighted by Crippen LogP contribution is 2.33. The van der Waals surface area contributed by atoms with Crippen LogP contribution < -0.4 is 0 Å². The van der Waals surface area contributed by atoms with Crippen LogP contribution in [-0.4, -0.2) is 0 Å². The number of rotatable bonds is 5. The van der Waals surface area contributed by atoms with Crippen LogP contribution in [0.3, 0.4) is 0 Å². The van der Waals surface area contributed by atoms with Crippen LogP contribution in [0.4, 0.5) is 13.2 Å². The lowest BCUT2D eigenvalue weighted by atomic mass is 9.87. The zero-order valence-corrected chi connectivity index (χ0v) is 13.8. The molecule has 126 valence electrons. The molecule has 0 radical (unpaired) electrons. The molecule has 0 saturated heterocycles. The first-order valence-electron chi connectivity index (χ1n) is 8.53. The Morgan fingerprint density at radius 3 is 2.54 bits per heavy atom. The van der Waals surface area contributed by atoms with Crippen LogP contribution in [0.5, 0.6) is 0 Å². The van der Waals surface area contributed by atoms with Gasteiger partial charge in [0.1, 0.15) is 5.82 Å². The molecule has 0 spiro atoms. The van der Waals surface area contributed by atoms with Crippen molar-refractivity contribution in [2.24, 2.45) is 0 Å². The molecule has 0 N–H and O–H groups in total. The fourth-order valence-corrected chi connectivity index (χ4v) is 3.30. The smallest absolute Gasteiger partial charge is 0.166 e. The zero-order valence-electron chi connectivity index (χ0n) is 13.8. The van der Waals surface area contributed by atoms with E-state index in [4.69, 9.17) is 0 Å². The van der Waals surface area contributed by atoms with Gasteiger partial charge in [0.15, 0.2) is 11.6 Å². The molecule has 1 aliphatic rings. The molecule has 0 nitrogen and oxygen atoms in total. The second kappa shape index (κ2) is 7.25. The van der Waals surface area contributed by atoms with Crippen molar-refractivity contribution in [1.82, 2.24) is 0 Å². The highest BCUT2D eigenvalue weighted by atomic mass is 19.2. The van der Waals surface area contributed by atoms with Crippen molar-refractivity contribution in [3.63, 3.8) is 0 Å². The molecular formula is C21H21F3. The monoisotopic (exact) mass is 330 g/mol. The van der Waals surface area contributed by atoms with Gasteiger partial charge in [0, 0.05) is 11.1 Å². The molecule has 0 amide bonds. The minimum absolute atomic E-state index is 0.0203. The van der Waals surface area contributed by atoms with Gasteiger partial charge in [-0.05, 0) is 55.0 Å². The Morgan fingerprint density at radius 1 is 0.917 bits per heavy atom. The Morgan fingerprint density at radius 2 is 1.75 bits per heavy atom. The van der Waals surface area contributed by atoms with E-state index in [-0.39, 0.29) is 11.1 Å². The molecule has 0 saturated carbocycles. The summed E-state index contributed by atoms with van der Waals surface area (Å²) in [7, 11) is 0. The third-order valence-electron chi connectivity index (χ3n) is 4.66. The highest BCUT2D eigenvalue weighted by Gasteiger charge is 2.18. The zero-order chi connectivity index (χ0) is 17.1. The largest absolute Gasteiger partial charge is 0.206 e. The Hall–Kier alpha value is -2.03. The number of halogens is 3. The van der Waals surface area contributed by atoms with Crippen molar-refractivity contribution in [2.75, 3.05) is 0 Å². The van der Waals surface area contributed by atoms with Gasteiger partial charge in [0.2, 0.25) is 0 Å². The van der Waals surface area contributed by atoms with E-state index in [2.05, 4.69) is 13.0 Å². The summed E-state index contributed by atoms with van der Waals surface area (Å²) in [5.74, 6) is -2.45. The fraction of sp³-hybridized carbons (Fsp3) is 0.333. The van der Waals surface area contributed by atoms with Gasteiger partial charge in [-0.15, -0.1) is 0 Å². The summed E-state index contributed by atoms with van der Waals surface area (Å²) in [6.45, 7) is 2.17. The van der Waals surface area contributed by atoms with Gasteiger partial charge >= 0.3 is 0 Å². The Bertz CT molecular complexity index is 775. The molecule has 0 aliphatic heterocycles. The van der Waals surface area contributed by atoms with E-state index in [0.29, 0.717) is 0 Å². The van der Waals surface area contributed by atoms with Crippen LogP contribution in [0.1, 0.15) is 43.7 Å². The van der Waals surface area contributed by atoms with E-state index in [1.807, 2.05) is 0 Å². The lowest BCUT2D eigenvalue weighted by Gasteiger charge is -2.19. The van der Waals surface area contributed by atoms with E-state index >= 15 is 0 Å². The van der Waals surface area contributed by atoms with Crippen molar-refractivity contribution >= 4 is 0 Å². The van der Waals surface area contributed by atoms with Gasteiger partial charge in [-0.2, -0.15) is 0 Å². The summed E-state index contributed by atoms with van der Waals surface area (Å²) in [4.78, 5) is 0. The molecule has 0 unspecified atom stereocenters. The summed E-state index contributed by atoms with van der Waals surface area (Å²) < 4.78 is 41.9. The normalized spacial score (nSPS) is 13.6. The first-order chi connectivity index (χ1) is 11.6. The molecule has 0 bridgehead atoms. The van der Waals surface area contributed by atoms with Crippen LogP contribution in [0.25, 0.3) is 11.1 Å². The van der Waals surface area contributed by atoms with Crippen molar-refractivity contribution in [1.29, 1.82) is 0 Å². The van der Waals surface area contributed by atoms with Crippen LogP contribution in [0.15, 0.2) is 42.0 Å². The van der Waals surface area contributed by atoms with E-state index in [9.17, 15) is 13.2 Å². The van der Waals surface area contributed by atoms with Crippen molar-refractivity contribution in [3.05, 3.63) is 70.6 Å². The Labute approximate surface area is 141 Å². The number of hydrogen-bond acceptors (Lipinski definition) is 0. The standard InChI is InChI=1S/C21H21F3/c1-2-3-4-6-14-9-10-15-12-18(20(23)13-16(15)11-14)17-7-5-8-19(22)21(17)24/h5,7-9,12-13H,2-4,6,10-11H2,1H3. The van der Waals surface area contributed by atoms with Crippen LogP contribution in [-0.2, 0) is 12.8 Å². The Kier molecular flexibility index (Phi) is 5.08. The van der Waals surface area contributed by atoms with Gasteiger partial charge in [0.25, 0.3) is 0 Å². The highest BCUT2D eigenvalue weighted by molar-refractivity contribution is 5.67. The SMILES string of the molecule is CCCCCC1=CCc2cc(-c3cccc(F)c3F)c(F)cc2C1. The average molecular weight is 330 g/mol. The van der Waals surface area contributed by atoms with Crippen molar-refractivity contribution in [2.45, 2.75) is 45.4 Å². The first kappa shape index (κ1) is 16.8. The van der Waals surface area contributed by atoms with Gasteiger partial charge in [0.05, 0.1) is 0 Å². The fourth-order valence-electron chi connectivity index (χ4n) is 3.30. The molecule has 3 rings (SSSR count). The summed E-state index contributed by atoms with van der Waals surface area (Å²) in [5.41, 5.74) is 3.41. The third kappa shape index (κ3) is 3.40. The van der Waals surface area contributed by atoms with Crippen molar-refractivity contribution in [3.8, 4) is 11.1 Å². The molecule has 3 heteroatoms. The lowest BCUT2D eigenvalue weighted by Crippen LogP contribution is -2.05. The second-order valence-electron chi connectivity index (χ2n) is 6.40. The maximum absolute atomic E-state index is 14.5. The number of allylic oxidation sites excluding steroid dienone is 2. The van der Waals surface area contributed by atoms with Crippen LogP contribution >= 0.6 is 0 Å². The topological polar surface area (TPSA) is 0 Å². The van der Waals surface area contributed by atoms with E-state index in [1.165, 1.54) is 36.6 Å². The second-order valence-corrected chi connectivity index (χ2v) is 6.40. The lowest BCUT2D eigenvalue weighted by molar-refractivity contribution is 0.510. The molecule has 0 fully saturated rings. The van der Waals surface area contributed by atoms with Gasteiger partial charge < -0.3 is 0 Å². The maximum Gasteiger partial charge on any atom is 0.166 e. The minimum atomic E-state index is -0.997. The summed E-state index contributed by atoms with van der Waals surface area (Å²) >= 11 is 0. The van der Waals surface area contributed by atoms with Crippen molar-refractivity contribution < 1.29 is 13.2 Å². The van der Waals surface area contributed by atoms with Crippen LogP contribution in [0.2, 0.25) is 0 Å². The van der Waals surface area contributed by atoms with E-state index < -0.39 is 17.5 Å². The minimum Gasteiger partial charge on any atom is -0.206 e. The quantitative estimate of drug-likeness (QED) is 0.441. The van der Waals surface area contributed by atoms with Gasteiger partial charge in [-0.25, -0.2) is 13.2 Å². The third-order valence-corrected chi connectivity index (χ3v) is 4.66. The van der Waals surface area contributed by atoms with Gasteiger partial charge in [-0.3, -0.25) is 0 Å². The number of benzene rings is 2. The number of fused-ring (bicyclic) bond motifs is 1. The maximum atomic E-state index is 14.5. The molecule has 2 aromatic carbocycles. The number of hydrogen-bond donors (Lipinski definition) is 0. The molecule has 2 aromatic rings. The average Bonchev–Trinajstić information content (AvgIpc) is 2.57. The Balaban J connectivity index is 1.88. The molecule has 1 aliphatic carbocycles. The van der Waals surface area contributed by atoms with Crippen LogP contribution in [0, 0.1) is 17.5 Å². The molecule has 0 aromatic heterocycles. The molecule has 24 heavy (non-hydrogen) atoms. The first-order valence-corrected chi connectivity index (χ1v) is 8.53. The van der Waals surface area contributed by atoms with E-state index in [0.717, 1.165) is 42.9 Å². The summed E-state index contributed by atoms with van der Waals surface area (Å²) in [6, 6.07) is 7.01.